The van der Waals surface area contributed by atoms with Crippen molar-refractivity contribution in [2.24, 2.45) is 20.0 Å². The minimum atomic E-state index is 0. The Morgan fingerprint density at radius 2 is 0.571 bits per heavy atom. The molecular formula is C68H90Br2Cl2N4Ni. The molecule has 0 bridgehead atoms. The van der Waals surface area contributed by atoms with Crippen molar-refractivity contribution in [3.63, 3.8) is 0 Å². The van der Waals surface area contributed by atoms with Crippen LogP contribution in [0, 0.1) is 96.9 Å². The number of aliphatic imine (C=N–C) groups is 4. The standard InChI is InChI=1S/2C33H42N2.CH2Cl2.CH4.2BrH.Ni/c2*1-9-30(34-32-25(5)18-23(3)19-26(32)6)31(35-33-27(7)20-24(4)21-28(33)8)13-11-10-12-29-16-14-22(2)15-17-29;2-1-3;;;;/h2*14-21H,9-13H2,1-8H3;1H2;1H4;2*1H;/q;;;;;;+2/p-2. The molecule has 0 unspecified atom stereocenters. The maximum atomic E-state index is 5.29. The van der Waals surface area contributed by atoms with Crippen LogP contribution in [0.25, 0.3) is 0 Å². The zero-order valence-electron chi connectivity index (χ0n) is 48.6. The number of halogens is 4. The number of alkyl halides is 2. The predicted octanol–water partition coefficient (Wildman–Crippen LogP) is 22.8. The third-order valence-electron chi connectivity index (χ3n) is 13.4. The molecule has 0 aromatic heterocycles. The Balaban J connectivity index is 0.000000472. The number of unbranched alkanes of at least 4 members (excludes halogenated alkanes) is 2. The molecule has 420 valence electrons. The summed E-state index contributed by atoms with van der Waals surface area (Å²) in [4.78, 5) is 21.0. The summed E-state index contributed by atoms with van der Waals surface area (Å²) in [7, 11) is 1.25. The Hall–Kier alpha value is -3.97. The molecule has 6 aromatic carbocycles. The molecule has 6 aromatic rings. The summed E-state index contributed by atoms with van der Waals surface area (Å²) in [6.45, 7) is 34.7. The van der Waals surface area contributed by atoms with Gasteiger partial charge in [0.2, 0.25) is 0 Å². The first-order valence-electron chi connectivity index (χ1n) is 26.9. The van der Waals surface area contributed by atoms with Gasteiger partial charge in [0.25, 0.3) is 0 Å². The molecule has 6 rings (SSSR count). The Morgan fingerprint density at radius 1 is 0.364 bits per heavy atom. The van der Waals surface area contributed by atoms with Gasteiger partial charge in [-0.05, 0) is 217 Å². The zero-order chi connectivity index (χ0) is 56.5. The van der Waals surface area contributed by atoms with E-state index in [4.69, 9.17) is 43.2 Å². The van der Waals surface area contributed by atoms with Gasteiger partial charge >= 0.3 is 39.3 Å². The Bertz CT molecular complexity index is 2630. The predicted molar refractivity (Wildman–Crippen MR) is 350 cm³/mol. The molecule has 0 amide bonds. The number of rotatable bonds is 18. The van der Waals surface area contributed by atoms with E-state index in [0.717, 1.165) is 110 Å². The van der Waals surface area contributed by atoms with Gasteiger partial charge in [0.05, 0.1) is 50.9 Å². The Labute approximate surface area is 498 Å². The van der Waals surface area contributed by atoms with Crippen LogP contribution in [0.15, 0.2) is 117 Å². The average Bonchev–Trinajstić information content (AvgIpc) is 3.34. The summed E-state index contributed by atoms with van der Waals surface area (Å²) >= 11 is 15.5. The van der Waals surface area contributed by atoms with Gasteiger partial charge in [-0.1, -0.05) is 152 Å². The molecule has 0 saturated heterocycles. The van der Waals surface area contributed by atoms with E-state index in [-0.39, 0.29) is 12.8 Å². The van der Waals surface area contributed by atoms with Crippen LogP contribution in [0.1, 0.15) is 162 Å². The molecular weight excluding hydrogens is 1160 g/mol. The second-order valence-corrected chi connectivity index (χ2v) is 26.3. The molecule has 0 saturated carbocycles. The molecule has 0 heterocycles. The van der Waals surface area contributed by atoms with Gasteiger partial charge in [0.15, 0.2) is 0 Å². The van der Waals surface area contributed by atoms with Gasteiger partial charge in [0.1, 0.15) is 0 Å². The second-order valence-electron chi connectivity index (χ2n) is 20.5. The molecule has 77 heavy (non-hydrogen) atoms. The van der Waals surface area contributed by atoms with Crippen LogP contribution in [0.2, 0.25) is 0 Å². The Morgan fingerprint density at radius 3 is 0.779 bits per heavy atom. The van der Waals surface area contributed by atoms with Crippen molar-refractivity contribution in [2.75, 3.05) is 5.34 Å². The van der Waals surface area contributed by atoms with E-state index in [9.17, 15) is 0 Å². The van der Waals surface area contributed by atoms with Crippen molar-refractivity contribution in [1.82, 2.24) is 0 Å². The van der Waals surface area contributed by atoms with Crippen molar-refractivity contribution in [3.05, 3.63) is 186 Å². The van der Waals surface area contributed by atoms with Crippen LogP contribution in [-0.4, -0.2) is 28.2 Å². The minimum absolute atomic E-state index is 0. The molecule has 9 heteroatoms. The molecule has 0 aliphatic carbocycles. The zero-order valence-corrected chi connectivity index (χ0v) is 54.3. The quantitative estimate of drug-likeness (QED) is 0.0356. The van der Waals surface area contributed by atoms with Gasteiger partial charge < -0.3 is 0 Å². The van der Waals surface area contributed by atoms with Crippen LogP contribution >= 0.6 is 51.7 Å². The molecule has 0 fully saturated rings. The van der Waals surface area contributed by atoms with E-state index < -0.39 is 0 Å². The van der Waals surface area contributed by atoms with E-state index in [1.807, 2.05) is 0 Å². The van der Waals surface area contributed by atoms with Crippen LogP contribution < -0.4 is 0 Å². The first-order valence-corrected chi connectivity index (χ1v) is 32.8. The van der Waals surface area contributed by atoms with Gasteiger partial charge in [-0.15, -0.1) is 23.2 Å². The van der Waals surface area contributed by atoms with Crippen LogP contribution in [0.5, 0.6) is 0 Å². The fraction of sp³-hybridized carbons (Fsp3) is 0.412. The van der Waals surface area contributed by atoms with Gasteiger partial charge in [-0.2, -0.15) is 0 Å². The van der Waals surface area contributed by atoms with Crippen molar-refractivity contribution in [3.8, 4) is 0 Å². The third kappa shape index (κ3) is 23.7. The molecule has 0 aliphatic heterocycles. The van der Waals surface area contributed by atoms with Crippen molar-refractivity contribution >= 4 is 97.2 Å². The van der Waals surface area contributed by atoms with Crippen LogP contribution in [-0.2, 0) is 23.7 Å². The third-order valence-corrected chi connectivity index (χ3v) is 13.4. The first kappa shape index (κ1) is 69.1. The molecule has 0 aliphatic rings. The van der Waals surface area contributed by atoms with Gasteiger partial charge in [0, 0.05) is 0 Å². The van der Waals surface area contributed by atoms with Gasteiger partial charge in [-0.25, -0.2) is 0 Å². The average molecular weight is 1250 g/mol. The summed E-state index contributed by atoms with van der Waals surface area (Å²) in [6.07, 6.45) is 10.3. The van der Waals surface area contributed by atoms with E-state index in [1.165, 1.54) is 99.9 Å². The maximum absolute atomic E-state index is 5.29. The summed E-state index contributed by atoms with van der Waals surface area (Å²) in [5.41, 5.74) is 29.3. The first-order chi connectivity index (χ1) is 36.2. The van der Waals surface area contributed by atoms with Crippen molar-refractivity contribution in [2.45, 2.75) is 182 Å². The van der Waals surface area contributed by atoms with E-state index >= 15 is 0 Å². The fourth-order valence-corrected chi connectivity index (χ4v) is 9.91. The monoisotopic (exact) mass is 1250 g/mol. The number of aryl methyl sites for hydroxylation is 16. The number of hydrogen-bond donors (Lipinski definition) is 0. The number of hydrogen-bond acceptors (Lipinski definition) is 4. The SMILES string of the molecule is C.CCC(=Nc1c(C)cc(C)cc1C)C(CCCCc1ccc(C)cc1)=Nc1c(C)cc(C)cc1C.CCC(=Nc1c(C)cc(C)cc1C)C(CCCCc1ccc(C)cc1)=Nc1c(C)cc(C)cc1C.ClCCl.[Br][Ni][Br]. The molecule has 0 N–H and O–H groups in total. The van der Waals surface area contributed by atoms with E-state index in [1.54, 1.807) is 0 Å². The fourth-order valence-electron chi connectivity index (χ4n) is 9.91. The number of nitrogens with zero attached hydrogens (tertiary/aromatic N) is 4. The molecule has 0 radical (unpaired) electrons. The molecule has 0 spiro atoms. The summed E-state index contributed by atoms with van der Waals surface area (Å²) in [6, 6.07) is 35.7. The molecule has 4 nitrogen and oxygen atoms in total. The Kier molecular flexibility index (Phi) is 32.6. The number of benzene rings is 6. The summed E-state index contributed by atoms with van der Waals surface area (Å²) in [5.74, 6) is 0. The second kappa shape index (κ2) is 36.3. The van der Waals surface area contributed by atoms with Crippen molar-refractivity contribution < 1.29 is 10.9 Å². The normalized spacial score (nSPS) is 11.7. The van der Waals surface area contributed by atoms with E-state index in [0.29, 0.717) is 0 Å². The van der Waals surface area contributed by atoms with Crippen molar-refractivity contribution in [1.29, 1.82) is 0 Å². The summed E-state index contributed by atoms with van der Waals surface area (Å²) in [5, 5.41) is 0.194. The van der Waals surface area contributed by atoms with Crippen LogP contribution in [0.4, 0.5) is 22.7 Å². The summed E-state index contributed by atoms with van der Waals surface area (Å²) < 4.78 is 0. The van der Waals surface area contributed by atoms with E-state index in [2.05, 4.69) is 236 Å². The molecule has 0 atom stereocenters. The topological polar surface area (TPSA) is 49.4 Å². The van der Waals surface area contributed by atoms with Gasteiger partial charge in [-0.3, -0.25) is 20.0 Å². The van der Waals surface area contributed by atoms with Crippen LogP contribution in [0.3, 0.4) is 0 Å².